The molecule has 1 aliphatic heterocycles. The van der Waals surface area contributed by atoms with E-state index in [1.54, 1.807) is 30.3 Å². The summed E-state index contributed by atoms with van der Waals surface area (Å²) >= 11 is 3.30. The molecule has 1 atom stereocenters. The highest BCUT2D eigenvalue weighted by atomic mass is 79.9. The number of aliphatic carboxylic acids is 1. The Kier molecular flexibility index (Phi) is 7.22. The topological polar surface area (TPSA) is 94.9 Å². The quantitative estimate of drug-likeness (QED) is 0.243. The van der Waals surface area contributed by atoms with Crippen molar-refractivity contribution in [1.29, 1.82) is 0 Å². The Labute approximate surface area is 187 Å². The molecule has 0 aromatic heterocycles. The molecule has 1 aliphatic rings. The number of halogens is 2. The number of hydrogen-bond acceptors (Lipinski definition) is 4. The number of carboxylic acid groups (broad SMARTS) is 1. The molecule has 2 aromatic rings. The molecule has 8 heteroatoms. The van der Waals surface area contributed by atoms with Crippen molar-refractivity contribution in [2.75, 3.05) is 6.54 Å². The zero-order valence-corrected chi connectivity index (χ0v) is 18.1. The van der Waals surface area contributed by atoms with Crippen LogP contribution in [0.2, 0.25) is 0 Å². The van der Waals surface area contributed by atoms with Crippen molar-refractivity contribution >= 4 is 39.3 Å². The van der Waals surface area contributed by atoms with Crippen molar-refractivity contribution in [3.8, 4) is 0 Å². The molecule has 0 spiro atoms. The van der Waals surface area contributed by atoms with Gasteiger partial charge in [-0.1, -0.05) is 52.7 Å². The van der Waals surface area contributed by atoms with Crippen LogP contribution in [-0.2, 0) is 14.4 Å². The van der Waals surface area contributed by atoms with E-state index >= 15 is 0 Å². The summed E-state index contributed by atoms with van der Waals surface area (Å²) in [6, 6.07) is 11.3. The monoisotopic (exact) mass is 489 g/mol. The van der Waals surface area contributed by atoms with Crippen LogP contribution in [0, 0.1) is 5.82 Å². The van der Waals surface area contributed by atoms with Gasteiger partial charge in [-0.2, -0.15) is 0 Å². The average Bonchev–Trinajstić information content (AvgIpc) is 2.98. The Morgan fingerprint density at radius 1 is 1.00 bits per heavy atom. The number of carboxylic acids is 1. The Morgan fingerprint density at radius 2 is 1.68 bits per heavy atom. The lowest BCUT2D eigenvalue weighted by atomic mass is 9.95. The number of aliphatic hydroxyl groups is 1. The number of carbonyl (C=O) groups is 3. The lowest BCUT2D eigenvalue weighted by Gasteiger charge is -2.25. The lowest BCUT2D eigenvalue weighted by molar-refractivity contribution is -0.140. The molecule has 0 bridgehead atoms. The standard InChI is InChI=1S/C23H21BrFNO5/c24-15-11-9-14(10-12-15)21(29)19-20(16-6-3-4-7-17(16)25)26(23(31)22(19)30)13-5-1-2-8-18(27)28/h3-4,6-7,9-12,20,29H,1-2,5,8,13H2,(H,27,28)/t20-/m0/s1. The summed E-state index contributed by atoms with van der Waals surface area (Å²) in [5, 5.41) is 19.6. The molecular weight excluding hydrogens is 469 g/mol. The minimum atomic E-state index is -1.07. The molecule has 0 unspecified atom stereocenters. The maximum absolute atomic E-state index is 14.7. The van der Waals surface area contributed by atoms with Crippen molar-refractivity contribution in [2.45, 2.75) is 31.7 Å². The van der Waals surface area contributed by atoms with Crippen molar-refractivity contribution in [1.82, 2.24) is 4.90 Å². The van der Waals surface area contributed by atoms with Gasteiger partial charge >= 0.3 is 5.97 Å². The normalized spacial score (nSPS) is 17.9. The second kappa shape index (κ2) is 9.87. The fraction of sp³-hybridized carbons (Fsp3) is 0.261. The van der Waals surface area contributed by atoms with Crippen LogP contribution < -0.4 is 0 Å². The van der Waals surface area contributed by atoms with Crippen LogP contribution in [0.25, 0.3) is 5.76 Å². The predicted molar refractivity (Wildman–Crippen MR) is 116 cm³/mol. The number of hydrogen-bond donors (Lipinski definition) is 2. The van der Waals surface area contributed by atoms with E-state index in [4.69, 9.17) is 5.11 Å². The molecule has 3 rings (SSSR count). The number of aliphatic hydroxyl groups excluding tert-OH is 1. The molecule has 2 aromatic carbocycles. The molecule has 6 nitrogen and oxygen atoms in total. The van der Waals surface area contributed by atoms with Crippen LogP contribution in [0.1, 0.15) is 42.9 Å². The predicted octanol–water partition coefficient (Wildman–Crippen LogP) is 4.65. The Bertz CT molecular complexity index is 1030. The minimum Gasteiger partial charge on any atom is -0.507 e. The number of benzene rings is 2. The van der Waals surface area contributed by atoms with Gasteiger partial charge in [-0.15, -0.1) is 0 Å². The summed E-state index contributed by atoms with van der Waals surface area (Å²) in [6.45, 7) is 0.139. The van der Waals surface area contributed by atoms with E-state index < -0.39 is 29.5 Å². The maximum atomic E-state index is 14.7. The molecule has 1 heterocycles. The van der Waals surface area contributed by atoms with Gasteiger partial charge in [0.1, 0.15) is 11.6 Å². The fourth-order valence-electron chi connectivity index (χ4n) is 3.63. The molecule has 0 aliphatic carbocycles. The summed E-state index contributed by atoms with van der Waals surface area (Å²) in [6.07, 6.45) is 1.43. The summed E-state index contributed by atoms with van der Waals surface area (Å²) < 4.78 is 15.4. The third-order valence-corrected chi connectivity index (χ3v) is 5.68. The molecular formula is C23H21BrFNO5. The molecule has 1 fully saturated rings. The number of nitrogens with zero attached hydrogens (tertiary/aromatic N) is 1. The largest absolute Gasteiger partial charge is 0.507 e. The van der Waals surface area contributed by atoms with E-state index in [-0.39, 0.29) is 29.9 Å². The third kappa shape index (κ3) is 5.02. The minimum absolute atomic E-state index is 0.0130. The Morgan fingerprint density at radius 3 is 2.32 bits per heavy atom. The van der Waals surface area contributed by atoms with Crippen LogP contribution in [-0.4, -0.2) is 39.3 Å². The highest BCUT2D eigenvalue weighted by Gasteiger charge is 2.46. The van der Waals surface area contributed by atoms with Crippen LogP contribution in [0.4, 0.5) is 4.39 Å². The van der Waals surface area contributed by atoms with E-state index in [0.29, 0.717) is 24.8 Å². The third-order valence-electron chi connectivity index (χ3n) is 5.15. The molecule has 1 amide bonds. The SMILES string of the molecule is O=C(O)CCCCCN1C(=O)C(=O)C(=C(O)c2ccc(Br)cc2)[C@@H]1c1ccccc1F. The van der Waals surface area contributed by atoms with Crippen LogP contribution >= 0.6 is 15.9 Å². The van der Waals surface area contributed by atoms with E-state index in [9.17, 15) is 23.9 Å². The van der Waals surface area contributed by atoms with Gasteiger partial charge in [-0.05, 0) is 31.0 Å². The van der Waals surface area contributed by atoms with Crippen molar-refractivity contribution in [2.24, 2.45) is 0 Å². The van der Waals surface area contributed by atoms with Gasteiger partial charge in [-0.25, -0.2) is 4.39 Å². The lowest BCUT2D eigenvalue weighted by Crippen LogP contribution is -2.31. The molecule has 2 N–H and O–H groups in total. The summed E-state index contributed by atoms with van der Waals surface area (Å²) in [5.74, 6) is -3.55. The number of likely N-dealkylation sites (tertiary alicyclic amines) is 1. The first kappa shape index (κ1) is 22.7. The number of amides is 1. The smallest absolute Gasteiger partial charge is 0.303 e. The maximum Gasteiger partial charge on any atom is 0.303 e. The van der Waals surface area contributed by atoms with Crippen molar-refractivity contribution < 1.29 is 29.0 Å². The van der Waals surface area contributed by atoms with Crippen molar-refractivity contribution in [3.63, 3.8) is 0 Å². The van der Waals surface area contributed by atoms with E-state index in [0.717, 1.165) is 4.47 Å². The van der Waals surface area contributed by atoms with Crippen LogP contribution in [0.3, 0.4) is 0 Å². The number of rotatable bonds is 8. The van der Waals surface area contributed by atoms with Crippen LogP contribution in [0.5, 0.6) is 0 Å². The van der Waals surface area contributed by atoms with Crippen molar-refractivity contribution in [3.05, 3.63) is 75.5 Å². The van der Waals surface area contributed by atoms with Crippen LogP contribution in [0.15, 0.2) is 58.6 Å². The first-order chi connectivity index (χ1) is 14.8. The van der Waals surface area contributed by atoms with Gasteiger partial charge < -0.3 is 15.1 Å². The van der Waals surface area contributed by atoms with Gasteiger partial charge in [0.15, 0.2) is 0 Å². The molecule has 0 radical (unpaired) electrons. The highest BCUT2D eigenvalue weighted by molar-refractivity contribution is 9.10. The van der Waals surface area contributed by atoms with E-state index in [1.807, 2.05) is 0 Å². The van der Waals surface area contributed by atoms with E-state index in [2.05, 4.69) is 15.9 Å². The van der Waals surface area contributed by atoms with Gasteiger partial charge in [0, 0.05) is 28.6 Å². The second-order valence-corrected chi connectivity index (χ2v) is 8.14. The summed E-state index contributed by atoms with van der Waals surface area (Å²) in [7, 11) is 0. The zero-order chi connectivity index (χ0) is 22.5. The van der Waals surface area contributed by atoms with Gasteiger partial charge in [0.2, 0.25) is 0 Å². The number of ketones is 1. The summed E-state index contributed by atoms with van der Waals surface area (Å²) in [4.78, 5) is 37.6. The first-order valence-corrected chi connectivity index (χ1v) is 10.6. The van der Waals surface area contributed by atoms with Gasteiger partial charge in [0.05, 0.1) is 11.6 Å². The molecule has 1 saturated heterocycles. The van der Waals surface area contributed by atoms with Gasteiger partial charge in [0.25, 0.3) is 11.7 Å². The Balaban J connectivity index is 1.99. The molecule has 162 valence electrons. The number of carbonyl (C=O) groups excluding carboxylic acids is 2. The first-order valence-electron chi connectivity index (χ1n) is 9.82. The molecule has 0 saturated carbocycles. The van der Waals surface area contributed by atoms with Gasteiger partial charge in [-0.3, -0.25) is 14.4 Å². The fourth-order valence-corrected chi connectivity index (χ4v) is 3.89. The molecule has 31 heavy (non-hydrogen) atoms. The average molecular weight is 490 g/mol. The second-order valence-electron chi connectivity index (χ2n) is 7.23. The highest BCUT2D eigenvalue weighted by Crippen LogP contribution is 2.40. The number of Topliss-reactive ketones (excluding diaryl/α,β-unsaturated/α-hetero) is 1. The summed E-state index contributed by atoms with van der Waals surface area (Å²) in [5.41, 5.74) is 0.290. The number of unbranched alkanes of at least 4 members (excludes halogenated alkanes) is 2. The zero-order valence-electron chi connectivity index (χ0n) is 16.6. The Hall–Kier alpha value is -3.00. The van der Waals surface area contributed by atoms with E-state index in [1.165, 1.54) is 23.1 Å².